The van der Waals surface area contributed by atoms with Crippen molar-refractivity contribution in [1.82, 2.24) is 0 Å². The van der Waals surface area contributed by atoms with E-state index in [1.165, 1.54) is 44.5 Å². The highest BCUT2D eigenvalue weighted by molar-refractivity contribution is 5.96. The lowest BCUT2D eigenvalue weighted by molar-refractivity contribution is 0.476. The Morgan fingerprint density at radius 3 is 1.38 bits per heavy atom. The molecule has 1 spiro atoms. The summed E-state index contributed by atoms with van der Waals surface area (Å²) in [6.45, 7) is 0. The van der Waals surface area contributed by atoms with Crippen molar-refractivity contribution >= 4 is 17.1 Å². The standard InChI is InChI=1S/C43H29NO/c45-34-26-30(25-33(28-34)44(31-13-3-1-4-14-31)32-15-5-2-6-16-32)29-23-24-42-38(27-29)37-19-9-12-22-41(37)43(42)39-20-10-7-17-35(39)36-18-8-11-21-40(36)43/h1-28,45H. The third kappa shape index (κ3) is 3.69. The number of nitrogens with zero attached hydrogens (tertiary/aromatic N) is 1. The van der Waals surface area contributed by atoms with Crippen LogP contribution in [-0.4, -0.2) is 5.11 Å². The van der Waals surface area contributed by atoms with Crippen LogP contribution in [0.25, 0.3) is 33.4 Å². The van der Waals surface area contributed by atoms with Gasteiger partial charge in [0.25, 0.3) is 0 Å². The number of rotatable bonds is 4. The monoisotopic (exact) mass is 575 g/mol. The molecule has 2 aliphatic rings. The van der Waals surface area contributed by atoms with E-state index in [1.807, 2.05) is 48.5 Å². The Hall–Kier alpha value is -5.86. The van der Waals surface area contributed by atoms with Crippen LogP contribution in [0.4, 0.5) is 17.1 Å². The fourth-order valence-corrected chi connectivity index (χ4v) is 7.77. The van der Waals surface area contributed by atoms with Gasteiger partial charge < -0.3 is 10.0 Å². The van der Waals surface area contributed by atoms with Crippen molar-refractivity contribution < 1.29 is 5.11 Å². The van der Waals surface area contributed by atoms with Gasteiger partial charge >= 0.3 is 0 Å². The van der Waals surface area contributed by atoms with Crippen molar-refractivity contribution in [3.63, 3.8) is 0 Å². The molecule has 0 heterocycles. The molecule has 7 aromatic rings. The topological polar surface area (TPSA) is 23.5 Å². The van der Waals surface area contributed by atoms with E-state index >= 15 is 0 Å². The number of aromatic hydroxyl groups is 1. The summed E-state index contributed by atoms with van der Waals surface area (Å²) in [5, 5.41) is 11.1. The zero-order chi connectivity index (χ0) is 30.0. The summed E-state index contributed by atoms with van der Waals surface area (Å²) in [5.74, 6) is 0.232. The second kappa shape index (κ2) is 9.83. The van der Waals surface area contributed by atoms with Gasteiger partial charge in [-0.25, -0.2) is 0 Å². The van der Waals surface area contributed by atoms with Crippen LogP contribution in [0.2, 0.25) is 0 Å². The maximum Gasteiger partial charge on any atom is 0.118 e. The molecule has 45 heavy (non-hydrogen) atoms. The quantitative estimate of drug-likeness (QED) is 0.226. The number of phenolic OH excluding ortho intramolecular Hbond substituents is 1. The molecular formula is C43H29NO. The number of benzene rings is 7. The van der Waals surface area contributed by atoms with Gasteiger partial charge in [-0.3, -0.25) is 0 Å². The highest BCUT2D eigenvalue weighted by atomic mass is 16.3. The molecule has 1 N–H and O–H groups in total. The Bertz CT molecular complexity index is 2150. The van der Waals surface area contributed by atoms with E-state index in [0.29, 0.717) is 0 Å². The summed E-state index contributed by atoms with van der Waals surface area (Å²) < 4.78 is 0. The van der Waals surface area contributed by atoms with Gasteiger partial charge in [0, 0.05) is 17.4 Å². The molecule has 0 atom stereocenters. The Labute approximate surface area is 263 Å². The van der Waals surface area contributed by atoms with Crippen LogP contribution in [0.5, 0.6) is 5.75 Å². The number of hydrogen-bond donors (Lipinski definition) is 1. The number of phenols is 1. The van der Waals surface area contributed by atoms with Crippen molar-refractivity contribution in [2.75, 3.05) is 4.90 Å². The molecule has 0 aliphatic heterocycles. The van der Waals surface area contributed by atoms with Crippen LogP contribution in [0.1, 0.15) is 22.3 Å². The molecule has 0 bridgehead atoms. The molecule has 0 amide bonds. The Kier molecular flexibility index (Phi) is 5.60. The first-order chi connectivity index (χ1) is 22.2. The first kappa shape index (κ1) is 25.6. The average Bonchev–Trinajstić information content (AvgIpc) is 3.56. The van der Waals surface area contributed by atoms with E-state index in [4.69, 9.17) is 0 Å². The van der Waals surface area contributed by atoms with Crippen molar-refractivity contribution in [2.45, 2.75) is 5.41 Å². The van der Waals surface area contributed by atoms with E-state index in [-0.39, 0.29) is 11.2 Å². The van der Waals surface area contributed by atoms with Crippen molar-refractivity contribution in [1.29, 1.82) is 0 Å². The summed E-state index contributed by atoms with van der Waals surface area (Å²) in [7, 11) is 0. The van der Waals surface area contributed by atoms with Gasteiger partial charge in [0.05, 0.1) is 11.1 Å². The summed E-state index contributed by atoms with van der Waals surface area (Å²) in [5.41, 5.74) is 15.1. The van der Waals surface area contributed by atoms with Gasteiger partial charge in [0.1, 0.15) is 5.75 Å². The molecule has 2 heteroatoms. The number of para-hydroxylation sites is 2. The van der Waals surface area contributed by atoms with Crippen LogP contribution >= 0.6 is 0 Å². The van der Waals surface area contributed by atoms with Gasteiger partial charge in [-0.05, 0) is 98.1 Å². The highest BCUT2D eigenvalue weighted by Crippen LogP contribution is 2.63. The Morgan fingerprint density at radius 2 is 0.822 bits per heavy atom. The largest absolute Gasteiger partial charge is 0.508 e. The van der Waals surface area contributed by atoms with Crippen LogP contribution in [0.15, 0.2) is 170 Å². The van der Waals surface area contributed by atoms with Gasteiger partial charge in [0.2, 0.25) is 0 Å². The summed E-state index contributed by atoms with van der Waals surface area (Å²) in [6.07, 6.45) is 0. The molecule has 0 aromatic heterocycles. The number of hydrogen-bond acceptors (Lipinski definition) is 2. The predicted molar refractivity (Wildman–Crippen MR) is 185 cm³/mol. The summed E-state index contributed by atoms with van der Waals surface area (Å²) >= 11 is 0. The van der Waals surface area contributed by atoms with E-state index in [9.17, 15) is 5.11 Å². The molecule has 2 nitrogen and oxygen atoms in total. The fourth-order valence-electron chi connectivity index (χ4n) is 7.77. The molecule has 0 saturated carbocycles. The fraction of sp³-hybridized carbons (Fsp3) is 0.0233. The lowest BCUT2D eigenvalue weighted by atomic mass is 9.70. The van der Waals surface area contributed by atoms with Crippen LogP contribution in [-0.2, 0) is 5.41 Å². The van der Waals surface area contributed by atoms with Crippen LogP contribution in [0, 0.1) is 0 Å². The first-order valence-corrected chi connectivity index (χ1v) is 15.4. The Balaban J connectivity index is 1.25. The van der Waals surface area contributed by atoms with Gasteiger partial charge in [-0.2, -0.15) is 0 Å². The van der Waals surface area contributed by atoms with Crippen molar-refractivity contribution in [2.24, 2.45) is 0 Å². The van der Waals surface area contributed by atoms with Gasteiger partial charge in [-0.1, -0.05) is 121 Å². The van der Waals surface area contributed by atoms with Crippen LogP contribution < -0.4 is 4.90 Å². The number of anilines is 3. The molecule has 0 unspecified atom stereocenters. The molecule has 2 aliphatic carbocycles. The maximum absolute atomic E-state index is 11.1. The minimum absolute atomic E-state index is 0.232. The highest BCUT2D eigenvalue weighted by Gasteiger charge is 2.51. The normalized spacial score (nSPS) is 13.2. The lowest BCUT2D eigenvalue weighted by Gasteiger charge is -2.30. The third-order valence-electron chi connectivity index (χ3n) is 9.52. The summed E-state index contributed by atoms with van der Waals surface area (Å²) in [4.78, 5) is 2.19. The maximum atomic E-state index is 11.1. The predicted octanol–water partition coefficient (Wildman–Crippen LogP) is 10.9. The van der Waals surface area contributed by atoms with Crippen LogP contribution in [0.3, 0.4) is 0 Å². The molecule has 7 aromatic carbocycles. The Morgan fingerprint density at radius 1 is 0.356 bits per heavy atom. The van der Waals surface area contributed by atoms with E-state index < -0.39 is 0 Å². The first-order valence-electron chi connectivity index (χ1n) is 15.4. The van der Waals surface area contributed by atoms with E-state index in [2.05, 4.69) is 126 Å². The van der Waals surface area contributed by atoms with E-state index in [0.717, 1.165) is 28.2 Å². The van der Waals surface area contributed by atoms with E-state index in [1.54, 1.807) is 0 Å². The molecule has 0 saturated heterocycles. The molecular weight excluding hydrogens is 546 g/mol. The second-order valence-electron chi connectivity index (χ2n) is 11.9. The molecule has 9 rings (SSSR count). The third-order valence-corrected chi connectivity index (χ3v) is 9.52. The minimum atomic E-state index is -0.362. The molecule has 0 fully saturated rings. The van der Waals surface area contributed by atoms with Crippen molar-refractivity contribution in [3.05, 3.63) is 192 Å². The van der Waals surface area contributed by atoms with Gasteiger partial charge in [-0.15, -0.1) is 0 Å². The zero-order valence-electron chi connectivity index (χ0n) is 24.6. The average molecular weight is 576 g/mol. The second-order valence-corrected chi connectivity index (χ2v) is 11.9. The van der Waals surface area contributed by atoms with Crippen molar-refractivity contribution in [3.8, 4) is 39.1 Å². The number of fused-ring (bicyclic) bond motifs is 10. The zero-order valence-corrected chi connectivity index (χ0v) is 24.6. The minimum Gasteiger partial charge on any atom is -0.508 e. The SMILES string of the molecule is Oc1cc(-c2ccc3c(c2)-c2ccccc2C32c3ccccc3-c3ccccc32)cc(N(c2ccccc2)c2ccccc2)c1. The van der Waals surface area contributed by atoms with Gasteiger partial charge in [0.15, 0.2) is 0 Å². The summed E-state index contributed by atoms with van der Waals surface area (Å²) in [6, 6.07) is 60.0. The lowest BCUT2D eigenvalue weighted by Crippen LogP contribution is -2.25. The smallest absolute Gasteiger partial charge is 0.118 e. The molecule has 212 valence electrons. The molecule has 0 radical (unpaired) electrons.